The van der Waals surface area contributed by atoms with Crippen molar-refractivity contribution in [2.45, 2.75) is 6.54 Å². The van der Waals surface area contributed by atoms with Crippen molar-refractivity contribution in [3.05, 3.63) is 91.4 Å². The lowest BCUT2D eigenvalue weighted by Crippen LogP contribution is -2.36. The Bertz CT molecular complexity index is 1280. The largest absolute Gasteiger partial charge is 0.495 e. The number of ether oxygens (including phenoxy) is 1. The van der Waals surface area contributed by atoms with Gasteiger partial charge in [0.1, 0.15) is 10.9 Å². The van der Waals surface area contributed by atoms with Crippen LogP contribution in [0.25, 0.3) is 17.1 Å². The molecular weight excluding hydrogens is 415 g/mol. The molecule has 0 amide bonds. The molecule has 1 aromatic heterocycles. The van der Waals surface area contributed by atoms with Gasteiger partial charge in [0.15, 0.2) is 5.82 Å². The number of rotatable bonds is 4. The van der Waals surface area contributed by atoms with Crippen molar-refractivity contribution in [3.8, 4) is 22.8 Å². The van der Waals surface area contributed by atoms with Crippen LogP contribution in [0.15, 0.2) is 64.4 Å². The summed E-state index contributed by atoms with van der Waals surface area (Å²) >= 11 is 11.9. The highest BCUT2D eigenvalue weighted by atomic mass is 35.5. The van der Waals surface area contributed by atoms with Crippen molar-refractivity contribution in [1.29, 1.82) is 0 Å². The minimum Gasteiger partial charge on any atom is -0.495 e. The maximum Gasteiger partial charge on any atom is 0.357 e. The third-order valence-corrected chi connectivity index (χ3v) is 4.94. The van der Waals surface area contributed by atoms with E-state index in [-0.39, 0.29) is 5.82 Å². The number of halogens is 2. The molecule has 1 aromatic carbocycles. The number of hydrogen-bond donors (Lipinski definition) is 0. The van der Waals surface area contributed by atoms with E-state index in [1.54, 1.807) is 47.3 Å². The molecule has 0 saturated carbocycles. The van der Waals surface area contributed by atoms with Gasteiger partial charge in [-0.2, -0.15) is 4.98 Å². The fraction of sp³-hybridized carbons (Fsp3) is 0.100. The first kappa shape index (κ1) is 19.2. The fourth-order valence-electron chi connectivity index (χ4n) is 3.02. The van der Waals surface area contributed by atoms with E-state index in [9.17, 15) is 9.59 Å². The van der Waals surface area contributed by atoms with E-state index >= 15 is 0 Å². The van der Waals surface area contributed by atoms with Crippen molar-refractivity contribution in [3.63, 3.8) is 0 Å². The van der Waals surface area contributed by atoms with Crippen LogP contribution in [-0.4, -0.2) is 26.2 Å². The normalized spacial score (nSPS) is 11.0. The van der Waals surface area contributed by atoms with E-state index in [4.69, 9.17) is 27.9 Å². The van der Waals surface area contributed by atoms with Gasteiger partial charge < -0.3 is 9.30 Å². The highest BCUT2D eigenvalue weighted by Gasteiger charge is 2.19. The Hall–Kier alpha value is -3.16. The average molecular weight is 429 g/mol. The number of hydrogen-bond acceptors (Lipinski definition) is 5. The van der Waals surface area contributed by atoms with Crippen LogP contribution in [0.2, 0.25) is 10.2 Å². The van der Waals surface area contributed by atoms with Crippen molar-refractivity contribution in [1.82, 2.24) is 19.1 Å². The van der Waals surface area contributed by atoms with Gasteiger partial charge >= 0.3 is 5.69 Å². The van der Waals surface area contributed by atoms with E-state index in [1.165, 1.54) is 13.2 Å². The summed E-state index contributed by atoms with van der Waals surface area (Å²) in [6.45, 7) is 0.381. The predicted molar refractivity (Wildman–Crippen MR) is 111 cm³/mol. The van der Waals surface area contributed by atoms with Crippen LogP contribution >= 0.6 is 23.2 Å². The Balaban J connectivity index is 1.86. The Labute approximate surface area is 175 Å². The minimum atomic E-state index is -0.693. The summed E-state index contributed by atoms with van der Waals surface area (Å²) in [5, 5.41) is 0.762. The summed E-state index contributed by atoms with van der Waals surface area (Å²) in [6.07, 6.45) is 3.38. The van der Waals surface area contributed by atoms with Gasteiger partial charge in [-0.15, -0.1) is 0 Å². The maximum absolute atomic E-state index is 13.1. The van der Waals surface area contributed by atoms with Crippen molar-refractivity contribution < 1.29 is 4.74 Å². The fourth-order valence-corrected chi connectivity index (χ4v) is 3.33. The molecule has 4 rings (SSSR count). The third kappa shape index (κ3) is 3.62. The summed E-state index contributed by atoms with van der Waals surface area (Å²) in [4.78, 5) is 34.0. The van der Waals surface area contributed by atoms with Crippen LogP contribution in [0.1, 0.15) is 5.56 Å². The standard InChI is InChI=1S/C20H14Cl2N4O3/c1-29-16-9-13(5-6-15(16)21)26-19(27)14-3-2-8-25(18(14)24-20(26)28)11-12-4-7-17(22)23-10-12/h2-10H,11H2,1H3. The molecule has 3 heterocycles. The van der Waals surface area contributed by atoms with E-state index in [1.807, 2.05) is 6.07 Å². The smallest absolute Gasteiger partial charge is 0.357 e. The predicted octanol–water partition coefficient (Wildman–Crippen LogP) is 3.26. The molecule has 7 nitrogen and oxygen atoms in total. The molecular formula is C20H14Cl2N4O3. The zero-order valence-electron chi connectivity index (χ0n) is 15.2. The van der Waals surface area contributed by atoms with Gasteiger partial charge in [0.2, 0.25) is 0 Å². The van der Waals surface area contributed by atoms with E-state index < -0.39 is 11.2 Å². The molecule has 0 atom stereocenters. The van der Waals surface area contributed by atoms with E-state index in [2.05, 4.69) is 9.97 Å². The van der Waals surface area contributed by atoms with Gasteiger partial charge in [-0.3, -0.25) is 4.79 Å². The van der Waals surface area contributed by atoms with Crippen LogP contribution in [0.3, 0.4) is 0 Å². The first-order valence-electron chi connectivity index (χ1n) is 8.54. The second-order valence-electron chi connectivity index (χ2n) is 6.22. The van der Waals surface area contributed by atoms with Gasteiger partial charge in [0.25, 0.3) is 5.56 Å². The van der Waals surface area contributed by atoms with E-state index in [0.29, 0.717) is 33.7 Å². The van der Waals surface area contributed by atoms with Crippen LogP contribution in [0.4, 0.5) is 0 Å². The molecule has 0 bridgehead atoms. The molecule has 146 valence electrons. The highest BCUT2D eigenvalue weighted by Crippen LogP contribution is 2.26. The molecule has 0 saturated heterocycles. The van der Waals surface area contributed by atoms with Crippen LogP contribution in [-0.2, 0) is 6.54 Å². The number of fused-ring (bicyclic) bond motifs is 1. The maximum atomic E-state index is 13.1. The Kier molecular flexibility index (Phi) is 5.08. The molecule has 0 N–H and O–H groups in total. The topological polar surface area (TPSA) is 79.0 Å². The molecule has 0 unspecified atom stereocenters. The number of aromatic nitrogens is 4. The lowest BCUT2D eigenvalue weighted by molar-refractivity contribution is 0.415. The van der Waals surface area contributed by atoms with E-state index in [0.717, 1.165) is 10.1 Å². The van der Waals surface area contributed by atoms with Crippen molar-refractivity contribution >= 4 is 23.2 Å². The summed E-state index contributed by atoms with van der Waals surface area (Å²) in [5.74, 6) is 0.642. The van der Waals surface area contributed by atoms with Gasteiger partial charge in [-0.25, -0.2) is 14.3 Å². The number of methoxy groups -OCH3 is 1. The van der Waals surface area contributed by atoms with Crippen molar-refractivity contribution in [2.24, 2.45) is 0 Å². The molecule has 2 aliphatic rings. The zero-order chi connectivity index (χ0) is 20.5. The Morgan fingerprint density at radius 1 is 1.10 bits per heavy atom. The first-order chi connectivity index (χ1) is 14.0. The SMILES string of the molecule is COc1cc(-n2c(=O)nc3n(Cc4ccc(Cl)nc4)cccc-3c2=O)ccc1Cl. The minimum absolute atomic E-state index is 0.287. The molecule has 0 radical (unpaired) electrons. The summed E-state index contributed by atoms with van der Waals surface area (Å²) in [6, 6.07) is 11.5. The first-order valence-corrected chi connectivity index (χ1v) is 9.30. The monoisotopic (exact) mass is 428 g/mol. The molecule has 0 fully saturated rings. The summed E-state index contributed by atoms with van der Waals surface area (Å²) in [7, 11) is 1.46. The average Bonchev–Trinajstić information content (AvgIpc) is 2.71. The van der Waals surface area contributed by atoms with Gasteiger partial charge in [0.05, 0.1) is 29.9 Å². The van der Waals surface area contributed by atoms with Crippen molar-refractivity contribution in [2.75, 3.05) is 7.11 Å². The third-order valence-electron chi connectivity index (χ3n) is 4.40. The quantitative estimate of drug-likeness (QED) is 0.466. The zero-order valence-corrected chi connectivity index (χ0v) is 16.7. The molecule has 2 aliphatic heterocycles. The van der Waals surface area contributed by atoms with Gasteiger partial charge in [0, 0.05) is 18.5 Å². The summed E-state index contributed by atoms with van der Waals surface area (Å²) < 4.78 is 7.89. The molecule has 9 heteroatoms. The number of pyridine rings is 2. The Morgan fingerprint density at radius 3 is 2.66 bits per heavy atom. The van der Waals surface area contributed by atoms with Crippen LogP contribution in [0, 0.1) is 0 Å². The number of benzene rings is 1. The van der Waals surface area contributed by atoms with Gasteiger partial charge in [-0.05, 0) is 35.9 Å². The lowest BCUT2D eigenvalue weighted by Gasteiger charge is -2.15. The molecule has 29 heavy (non-hydrogen) atoms. The van der Waals surface area contributed by atoms with Crippen LogP contribution < -0.4 is 16.0 Å². The lowest BCUT2D eigenvalue weighted by atomic mass is 10.2. The number of nitrogens with zero attached hydrogens (tertiary/aromatic N) is 4. The highest BCUT2D eigenvalue weighted by molar-refractivity contribution is 6.32. The molecule has 0 spiro atoms. The van der Waals surface area contributed by atoms with Gasteiger partial charge in [-0.1, -0.05) is 29.3 Å². The molecule has 2 aromatic rings. The summed E-state index contributed by atoms with van der Waals surface area (Å²) in [5.41, 5.74) is 0.317. The Morgan fingerprint density at radius 2 is 1.93 bits per heavy atom. The van der Waals surface area contributed by atoms with Crippen LogP contribution in [0.5, 0.6) is 5.75 Å². The second kappa shape index (κ2) is 7.69. The molecule has 0 aliphatic carbocycles. The second-order valence-corrected chi connectivity index (χ2v) is 7.01.